The predicted molar refractivity (Wildman–Crippen MR) is 61.0 cm³/mol. The van der Waals surface area contributed by atoms with Gasteiger partial charge in [0.15, 0.2) is 5.82 Å². The molecule has 82 valence electrons. The standard InChI is InChI=1S/C11H12N4O/c1-7-5-8(3-4-9(7)16-2)10-13-6-14-11(12)15-10/h3-6H,1-2H3,(H2,12,13,14,15). The third-order valence-corrected chi connectivity index (χ3v) is 2.24. The first kappa shape index (κ1) is 10.4. The van der Waals surface area contributed by atoms with Crippen LogP contribution >= 0.6 is 0 Å². The van der Waals surface area contributed by atoms with Crippen LogP contribution in [0, 0.1) is 6.92 Å². The summed E-state index contributed by atoms with van der Waals surface area (Å²) in [5.74, 6) is 1.63. The van der Waals surface area contributed by atoms with Gasteiger partial charge in [-0.05, 0) is 30.7 Å². The Hall–Kier alpha value is -2.17. The summed E-state index contributed by atoms with van der Waals surface area (Å²) < 4.78 is 5.18. The minimum absolute atomic E-state index is 0.221. The van der Waals surface area contributed by atoms with Gasteiger partial charge < -0.3 is 10.5 Å². The van der Waals surface area contributed by atoms with Crippen LogP contribution in [0.25, 0.3) is 11.4 Å². The van der Waals surface area contributed by atoms with Crippen molar-refractivity contribution in [2.24, 2.45) is 0 Å². The number of ether oxygens (including phenoxy) is 1. The quantitative estimate of drug-likeness (QED) is 0.822. The molecule has 1 aromatic heterocycles. The number of methoxy groups -OCH3 is 1. The van der Waals surface area contributed by atoms with Gasteiger partial charge in [0.05, 0.1) is 7.11 Å². The van der Waals surface area contributed by atoms with E-state index in [0.717, 1.165) is 16.9 Å². The zero-order chi connectivity index (χ0) is 11.5. The molecule has 0 fully saturated rings. The topological polar surface area (TPSA) is 73.9 Å². The van der Waals surface area contributed by atoms with Gasteiger partial charge in [-0.25, -0.2) is 9.97 Å². The molecule has 0 saturated heterocycles. The van der Waals surface area contributed by atoms with Crippen molar-refractivity contribution >= 4 is 5.95 Å². The molecule has 0 unspecified atom stereocenters. The molecular formula is C11H12N4O. The van der Waals surface area contributed by atoms with Crippen molar-refractivity contribution in [3.8, 4) is 17.1 Å². The fourth-order valence-corrected chi connectivity index (χ4v) is 1.47. The SMILES string of the molecule is COc1ccc(-c2ncnc(N)n2)cc1C. The molecule has 0 aliphatic rings. The number of aryl methyl sites for hydroxylation is 1. The third kappa shape index (κ3) is 1.93. The zero-order valence-corrected chi connectivity index (χ0v) is 9.14. The highest BCUT2D eigenvalue weighted by Crippen LogP contribution is 2.23. The van der Waals surface area contributed by atoms with Crippen LogP contribution in [-0.2, 0) is 0 Å². The summed E-state index contributed by atoms with van der Waals surface area (Å²) in [5.41, 5.74) is 7.43. The molecule has 1 heterocycles. The number of anilines is 1. The summed E-state index contributed by atoms with van der Waals surface area (Å²) in [6, 6.07) is 5.72. The van der Waals surface area contributed by atoms with Crippen molar-refractivity contribution in [3.63, 3.8) is 0 Å². The highest BCUT2D eigenvalue weighted by atomic mass is 16.5. The van der Waals surface area contributed by atoms with E-state index in [-0.39, 0.29) is 5.95 Å². The first-order valence-corrected chi connectivity index (χ1v) is 4.80. The summed E-state index contributed by atoms with van der Waals surface area (Å²) in [4.78, 5) is 11.9. The Morgan fingerprint density at radius 2 is 2.06 bits per heavy atom. The number of benzene rings is 1. The Morgan fingerprint density at radius 3 is 2.69 bits per heavy atom. The summed E-state index contributed by atoms with van der Waals surface area (Å²) in [5, 5.41) is 0. The smallest absolute Gasteiger partial charge is 0.223 e. The zero-order valence-electron chi connectivity index (χ0n) is 9.14. The monoisotopic (exact) mass is 216 g/mol. The maximum absolute atomic E-state index is 5.50. The van der Waals surface area contributed by atoms with Crippen LogP contribution in [0.3, 0.4) is 0 Å². The minimum atomic E-state index is 0.221. The second-order valence-electron chi connectivity index (χ2n) is 3.35. The Labute approximate surface area is 93.3 Å². The maximum Gasteiger partial charge on any atom is 0.223 e. The number of nitrogens with zero attached hydrogens (tertiary/aromatic N) is 3. The van der Waals surface area contributed by atoms with Gasteiger partial charge >= 0.3 is 0 Å². The van der Waals surface area contributed by atoms with E-state index in [9.17, 15) is 0 Å². The molecule has 2 aromatic rings. The molecule has 0 bridgehead atoms. The average molecular weight is 216 g/mol. The van der Waals surface area contributed by atoms with Crippen molar-refractivity contribution < 1.29 is 4.74 Å². The lowest BCUT2D eigenvalue weighted by Gasteiger charge is -2.06. The van der Waals surface area contributed by atoms with Crippen LogP contribution in [0.5, 0.6) is 5.75 Å². The lowest BCUT2D eigenvalue weighted by molar-refractivity contribution is 0.412. The van der Waals surface area contributed by atoms with Crippen molar-refractivity contribution in [1.82, 2.24) is 15.0 Å². The van der Waals surface area contributed by atoms with Crippen LogP contribution in [-0.4, -0.2) is 22.1 Å². The third-order valence-electron chi connectivity index (χ3n) is 2.24. The average Bonchev–Trinajstić information content (AvgIpc) is 2.29. The van der Waals surface area contributed by atoms with E-state index in [2.05, 4.69) is 15.0 Å². The van der Waals surface area contributed by atoms with E-state index in [4.69, 9.17) is 10.5 Å². The molecule has 0 spiro atoms. The first-order valence-electron chi connectivity index (χ1n) is 4.80. The Balaban J connectivity index is 2.45. The predicted octanol–water partition coefficient (Wildman–Crippen LogP) is 1.44. The van der Waals surface area contributed by atoms with Crippen LogP contribution in [0.4, 0.5) is 5.95 Å². The molecule has 0 radical (unpaired) electrons. The minimum Gasteiger partial charge on any atom is -0.496 e. The second-order valence-corrected chi connectivity index (χ2v) is 3.35. The van der Waals surface area contributed by atoms with Crippen LogP contribution < -0.4 is 10.5 Å². The van der Waals surface area contributed by atoms with Gasteiger partial charge in [-0.3, -0.25) is 0 Å². The van der Waals surface area contributed by atoms with Gasteiger partial charge in [0.25, 0.3) is 0 Å². The highest BCUT2D eigenvalue weighted by Gasteiger charge is 2.05. The lowest BCUT2D eigenvalue weighted by Crippen LogP contribution is -1.98. The molecule has 5 nitrogen and oxygen atoms in total. The number of aromatic nitrogens is 3. The molecule has 1 aromatic carbocycles. The number of nitrogen functional groups attached to an aromatic ring is 1. The van der Waals surface area contributed by atoms with E-state index >= 15 is 0 Å². The van der Waals surface area contributed by atoms with E-state index in [1.165, 1.54) is 6.33 Å². The number of rotatable bonds is 2. The number of hydrogen-bond donors (Lipinski definition) is 1. The Bertz CT molecular complexity index is 513. The maximum atomic E-state index is 5.50. The van der Waals surface area contributed by atoms with E-state index in [1.807, 2.05) is 25.1 Å². The van der Waals surface area contributed by atoms with Crippen LogP contribution in [0.15, 0.2) is 24.5 Å². The molecule has 0 amide bonds. The van der Waals surface area contributed by atoms with Crippen molar-refractivity contribution in [2.45, 2.75) is 6.92 Å². The van der Waals surface area contributed by atoms with Crippen molar-refractivity contribution in [2.75, 3.05) is 12.8 Å². The number of nitrogens with two attached hydrogens (primary N) is 1. The molecular weight excluding hydrogens is 204 g/mol. The molecule has 16 heavy (non-hydrogen) atoms. The van der Waals surface area contributed by atoms with E-state index < -0.39 is 0 Å². The van der Waals surface area contributed by atoms with Crippen LogP contribution in [0.1, 0.15) is 5.56 Å². The molecule has 0 aliphatic heterocycles. The van der Waals surface area contributed by atoms with E-state index in [1.54, 1.807) is 7.11 Å². The normalized spacial score (nSPS) is 10.1. The molecule has 0 saturated carbocycles. The van der Waals surface area contributed by atoms with E-state index in [0.29, 0.717) is 5.82 Å². The Morgan fingerprint density at radius 1 is 1.25 bits per heavy atom. The van der Waals surface area contributed by atoms with Crippen molar-refractivity contribution in [1.29, 1.82) is 0 Å². The van der Waals surface area contributed by atoms with Gasteiger partial charge in [0.2, 0.25) is 5.95 Å². The summed E-state index contributed by atoms with van der Waals surface area (Å²) >= 11 is 0. The van der Waals surface area contributed by atoms with Gasteiger partial charge in [-0.1, -0.05) is 0 Å². The molecule has 5 heteroatoms. The van der Waals surface area contributed by atoms with Crippen LogP contribution in [0.2, 0.25) is 0 Å². The van der Waals surface area contributed by atoms with Gasteiger partial charge in [0, 0.05) is 5.56 Å². The first-order chi connectivity index (χ1) is 7.70. The molecule has 2 rings (SSSR count). The Kier molecular flexibility index (Phi) is 2.68. The molecule has 2 N–H and O–H groups in total. The van der Waals surface area contributed by atoms with Gasteiger partial charge in [-0.2, -0.15) is 4.98 Å². The fraction of sp³-hybridized carbons (Fsp3) is 0.182. The number of hydrogen-bond acceptors (Lipinski definition) is 5. The fourth-order valence-electron chi connectivity index (χ4n) is 1.47. The summed E-state index contributed by atoms with van der Waals surface area (Å²) in [6.45, 7) is 1.97. The van der Waals surface area contributed by atoms with Gasteiger partial charge in [0.1, 0.15) is 12.1 Å². The molecule has 0 atom stereocenters. The lowest BCUT2D eigenvalue weighted by atomic mass is 10.1. The summed E-state index contributed by atoms with van der Waals surface area (Å²) in [7, 11) is 1.64. The van der Waals surface area contributed by atoms with Crippen molar-refractivity contribution in [3.05, 3.63) is 30.1 Å². The highest BCUT2D eigenvalue weighted by molar-refractivity contribution is 5.59. The second kappa shape index (κ2) is 4.14. The molecule has 0 aliphatic carbocycles. The largest absolute Gasteiger partial charge is 0.496 e. The van der Waals surface area contributed by atoms with Gasteiger partial charge in [-0.15, -0.1) is 0 Å². The summed E-state index contributed by atoms with van der Waals surface area (Å²) in [6.07, 6.45) is 1.40.